The van der Waals surface area contributed by atoms with E-state index in [2.05, 4.69) is 5.32 Å². The van der Waals surface area contributed by atoms with Crippen molar-refractivity contribution in [3.63, 3.8) is 0 Å². The Balaban J connectivity index is 1.84. The van der Waals surface area contributed by atoms with Crippen molar-refractivity contribution in [3.05, 3.63) is 53.6 Å². The van der Waals surface area contributed by atoms with Crippen molar-refractivity contribution < 1.29 is 17.9 Å². The van der Waals surface area contributed by atoms with Crippen molar-refractivity contribution >= 4 is 21.6 Å². The van der Waals surface area contributed by atoms with Gasteiger partial charge in [-0.25, -0.2) is 8.42 Å². The number of hydrogen-bond acceptors (Lipinski definition) is 4. The van der Waals surface area contributed by atoms with Crippen molar-refractivity contribution in [3.8, 4) is 5.75 Å². The summed E-state index contributed by atoms with van der Waals surface area (Å²) in [4.78, 5) is 12.8. The minimum Gasteiger partial charge on any atom is -0.496 e. The maximum Gasteiger partial charge on any atom is 0.255 e. The highest BCUT2D eigenvalue weighted by atomic mass is 32.2. The molecule has 1 aliphatic rings. The Morgan fingerprint density at radius 1 is 1.07 bits per heavy atom. The molecule has 0 unspecified atom stereocenters. The SMILES string of the molecule is COc1cccc(NC(=O)c2cccc(S(=O)(=O)N3CCCCC3)c2)c1C. The zero-order valence-corrected chi connectivity index (χ0v) is 16.4. The van der Waals surface area contributed by atoms with E-state index >= 15 is 0 Å². The molecule has 2 aromatic carbocycles. The number of anilines is 1. The molecule has 0 aliphatic carbocycles. The third-order valence-electron chi connectivity index (χ3n) is 4.80. The number of hydrogen-bond donors (Lipinski definition) is 1. The summed E-state index contributed by atoms with van der Waals surface area (Å²) in [5, 5.41) is 2.83. The van der Waals surface area contributed by atoms with Gasteiger partial charge >= 0.3 is 0 Å². The van der Waals surface area contributed by atoms with Gasteiger partial charge in [0, 0.05) is 29.9 Å². The number of sulfonamides is 1. The van der Waals surface area contributed by atoms with Crippen LogP contribution in [0, 0.1) is 6.92 Å². The van der Waals surface area contributed by atoms with E-state index in [-0.39, 0.29) is 10.8 Å². The third kappa shape index (κ3) is 4.14. The summed E-state index contributed by atoms with van der Waals surface area (Å²) in [7, 11) is -2.00. The number of amides is 1. The number of nitrogens with one attached hydrogen (secondary N) is 1. The second-order valence-electron chi connectivity index (χ2n) is 6.58. The van der Waals surface area contributed by atoms with E-state index in [1.165, 1.54) is 16.4 Å². The van der Waals surface area contributed by atoms with Crippen molar-refractivity contribution in [2.75, 3.05) is 25.5 Å². The molecule has 0 atom stereocenters. The molecule has 144 valence electrons. The lowest BCUT2D eigenvalue weighted by molar-refractivity contribution is 0.102. The highest BCUT2D eigenvalue weighted by molar-refractivity contribution is 7.89. The van der Waals surface area contributed by atoms with Gasteiger partial charge < -0.3 is 10.1 Å². The van der Waals surface area contributed by atoms with Crippen LogP contribution in [0.4, 0.5) is 5.69 Å². The molecule has 0 radical (unpaired) electrons. The first-order valence-corrected chi connectivity index (χ1v) is 10.4. The van der Waals surface area contributed by atoms with Crippen LogP contribution in [0.25, 0.3) is 0 Å². The highest BCUT2D eigenvalue weighted by Crippen LogP contribution is 2.26. The van der Waals surface area contributed by atoms with Crippen LogP contribution in [0.5, 0.6) is 5.75 Å². The first-order chi connectivity index (χ1) is 12.9. The Kier molecular flexibility index (Phi) is 5.82. The molecule has 1 N–H and O–H groups in total. The molecule has 0 bridgehead atoms. The standard InChI is InChI=1S/C20H24N2O4S/c1-15-18(10-7-11-19(15)26-2)21-20(23)16-8-6-9-17(14-16)27(24,25)22-12-4-3-5-13-22/h6-11,14H,3-5,12-13H2,1-2H3,(H,21,23). The quantitative estimate of drug-likeness (QED) is 0.851. The van der Waals surface area contributed by atoms with Gasteiger partial charge in [0.1, 0.15) is 5.75 Å². The molecular formula is C20H24N2O4S. The first-order valence-electron chi connectivity index (χ1n) is 8.98. The molecule has 6 nitrogen and oxygen atoms in total. The number of nitrogens with zero attached hydrogens (tertiary/aromatic N) is 1. The second kappa shape index (κ2) is 8.10. The Morgan fingerprint density at radius 3 is 2.48 bits per heavy atom. The topological polar surface area (TPSA) is 75.7 Å². The number of rotatable bonds is 5. The van der Waals surface area contributed by atoms with Gasteiger partial charge in [-0.2, -0.15) is 4.31 Å². The summed E-state index contributed by atoms with van der Waals surface area (Å²) in [5.74, 6) is 0.316. The lowest BCUT2D eigenvalue weighted by atomic mass is 10.1. The van der Waals surface area contributed by atoms with Crippen LogP contribution in [0.1, 0.15) is 35.2 Å². The number of piperidine rings is 1. The Morgan fingerprint density at radius 2 is 1.78 bits per heavy atom. The van der Waals surface area contributed by atoms with Gasteiger partial charge in [0.25, 0.3) is 5.91 Å². The Bertz CT molecular complexity index is 935. The van der Waals surface area contributed by atoms with Crippen LogP contribution in [-0.4, -0.2) is 38.8 Å². The maximum atomic E-state index is 12.8. The lowest BCUT2D eigenvalue weighted by Gasteiger charge is -2.26. The molecular weight excluding hydrogens is 364 g/mol. The molecule has 3 rings (SSSR count). The average molecular weight is 388 g/mol. The monoisotopic (exact) mass is 388 g/mol. The minimum absolute atomic E-state index is 0.152. The minimum atomic E-state index is -3.58. The number of methoxy groups -OCH3 is 1. The van der Waals surface area contributed by atoms with Gasteiger partial charge in [-0.15, -0.1) is 0 Å². The molecule has 27 heavy (non-hydrogen) atoms. The fourth-order valence-electron chi connectivity index (χ4n) is 3.22. The molecule has 7 heteroatoms. The van der Waals surface area contributed by atoms with E-state index in [0.717, 1.165) is 24.8 Å². The predicted molar refractivity (Wildman–Crippen MR) is 105 cm³/mol. The van der Waals surface area contributed by atoms with Crippen LogP contribution >= 0.6 is 0 Å². The van der Waals surface area contributed by atoms with Crippen LogP contribution in [0.3, 0.4) is 0 Å². The van der Waals surface area contributed by atoms with Crippen LogP contribution in [0.15, 0.2) is 47.4 Å². The normalized spacial score (nSPS) is 15.3. The van der Waals surface area contributed by atoms with Gasteiger partial charge in [-0.1, -0.05) is 18.6 Å². The summed E-state index contributed by atoms with van der Waals surface area (Å²) in [5.41, 5.74) is 1.74. The number of ether oxygens (including phenoxy) is 1. The van der Waals surface area contributed by atoms with Gasteiger partial charge in [-0.3, -0.25) is 4.79 Å². The van der Waals surface area contributed by atoms with E-state index in [0.29, 0.717) is 30.1 Å². The third-order valence-corrected chi connectivity index (χ3v) is 6.70. The van der Waals surface area contributed by atoms with E-state index in [1.807, 2.05) is 13.0 Å². The maximum absolute atomic E-state index is 12.8. The molecule has 0 aromatic heterocycles. The smallest absolute Gasteiger partial charge is 0.255 e. The zero-order chi connectivity index (χ0) is 19.4. The van der Waals surface area contributed by atoms with Crippen molar-refractivity contribution in [1.82, 2.24) is 4.31 Å². The Labute approximate surface area is 160 Å². The highest BCUT2D eigenvalue weighted by Gasteiger charge is 2.26. The second-order valence-corrected chi connectivity index (χ2v) is 8.52. The predicted octanol–water partition coefficient (Wildman–Crippen LogP) is 3.43. The van der Waals surface area contributed by atoms with Gasteiger partial charge in [-0.05, 0) is 50.1 Å². The van der Waals surface area contributed by atoms with Crippen LogP contribution in [0.2, 0.25) is 0 Å². The van der Waals surface area contributed by atoms with Crippen molar-refractivity contribution in [1.29, 1.82) is 0 Å². The summed E-state index contributed by atoms with van der Waals surface area (Å²) >= 11 is 0. The number of carbonyl (C=O) groups excluding carboxylic acids is 1. The van der Waals surface area contributed by atoms with Gasteiger partial charge in [0.2, 0.25) is 10.0 Å². The summed E-state index contributed by atoms with van der Waals surface area (Å²) < 4.78 is 32.4. The summed E-state index contributed by atoms with van der Waals surface area (Å²) in [6.45, 7) is 2.91. The average Bonchev–Trinajstić information content (AvgIpc) is 2.70. The molecule has 1 heterocycles. The molecule has 1 aliphatic heterocycles. The number of benzene rings is 2. The molecule has 1 fully saturated rings. The fourth-order valence-corrected chi connectivity index (χ4v) is 4.78. The van der Waals surface area contributed by atoms with E-state index in [1.54, 1.807) is 31.4 Å². The number of carbonyl (C=O) groups is 1. The molecule has 0 spiro atoms. The fraction of sp³-hybridized carbons (Fsp3) is 0.350. The summed E-state index contributed by atoms with van der Waals surface area (Å²) in [6.07, 6.45) is 2.79. The van der Waals surface area contributed by atoms with E-state index < -0.39 is 10.0 Å². The molecule has 1 saturated heterocycles. The largest absolute Gasteiger partial charge is 0.496 e. The van der Waals surface area contributed by atoms with E-state index in [4.69, 9.17) is 4.74 Å². The van der Waals surface area contributed by atoms with Gasteiger partial charge in [0.15, 0.2) is 0 Å². The first kappa shape index (κ1) is 19.4. The zero-order valence-electron chi connectivity index (χ0n) is 15.6. The lowest BCUT2D eigenvalue weighted by Crippen LogP contribution is -2.35. The van der Waals surface area contributed by atoms with E-state index in [9.17, 15) is 13.2 Å². The van der Waals surface area contributed by atoms with Crippen molar-refractivity contribution in [2.24, 2.45) is 0 Å². The van der Waals surface area contributed by atoms with Crippen molar-refractivity contribution in [2.45, 2.75) is 31.1 Å². The molecule has 2 aromatic rings. The summed E-state index contributed by atoms with van der Waals surface area (Å²) in [6, 6.07) is 11.6. The Hall–Kier alpha value is -2.38. The van der Waals surface area contributed by atoms with Crippen LogP contribution in [-0.2, 0) is 10.0 Å². The van der Waals surface area contributed by atoms with Crippen LogP contribution < -0.4 is 10.1 Å². The molecule has 1 amide bonds. The molecule has 0 saturated carbocycles. The van der Waals surface area contributed by atoms with Gasteiger partial charge in [0.05, 0.1) is 12.0 Å².